The maximum Gasteiger partial charge on any atom is 0.153 e. The van der Waals surface area contributed by atoms with Gasteiger partial charge >= 0.3 is 0 Å². The molecule has 2 aliphatic heterocycles. The lowest BCUT2D eigenvalue weighted by molar-refractivity contribution is -0.908. The topological polar surface area (TPSA) is 52.1 Å². The second-order valence-corrected chi connectivity index (χ2v) is 7.95. The summed E-state index contributed by atoms with van der Waals surface area (Å²) in [6, 6.07) is 1.22. The standard InChI is InChI=1S/C18H34N4O2/c1-13-11-21(5)15(3)9-17(13)19-23-7-8-24-20-18-10-16(4)22(6)12-14(18)2/h13-16H,7-12H2,1-6H3/p+2/b19-17-,20-18-/t13-,14+,15-,16+. The molecule has 6 heteroatoms. The average Bonchev–Trinajstić information content (AvgIpc) is 2.52. The molecule has 0 radical (unpaired) electrons. The zero-order valence-corrected chi connectivity index (χ0v) is 16.3. The summed E-state index contributed by atoms with van der Waals surface area (Å²) in [5.74, 6) is 0.984. The van der Waals surface area contributed by atoms with Gasteiger partial charge in [0.15, 0.2) is 13.2 Å². The average molecular weight is 341 g/mol. The van der Waals surface area contributed by atoms with Gasteiger partial charge in [0.25, 0.3) is 0 Å². The van der Waals surface area contributed by atoms with Crippen LogP contribution in [0.3, 0.4) is 0 Å². The molecule has 2 heterocycles. The van der Waals surface area contributed by atoms with Gasteiger partial charge in [-0.1, -0.05) is 24.2 Å². The van der Waals surface area contributed by atoms with Crippen LogP contribution in [0.1, 0.15) is 40.5 Å². The molecule has 0 saturated carbocycles. The molecule has 0 aromatic carbocycles. The summed E-state index contributed by atoms with van der Waals surface area (Å²) in [6.07, 6.45) is 2.03. The van der Waals surface area contributed by atoms with E-state index >= 15 is 0 Å². The number of quaternary nitrogens is 2. The summed E-state index contributed by atoms with van der Waals surface area (Å²) < 4.78 is 0. The molecule has 2 unspecified atom stereocenters. The van der Waals surface area contributed by atoms with Gasteiger partial charge in [-0.05, 0) is 13.8 Å². The van der Waals surface area contributed by atoms with E-state index < -0.39 is 0 Å². The van der Waals surface area contributed by atoms with Crippen LogP contribution < -0.4 is 9.80 Å². The van der Waals surface area contributed by atoms with E-state index in [4.69, 9.17) is 9.68 Å². The van der Waals surface area contributed by atoms with E-state index in [0.717, 1.165) is 25.9 Å². The van der Waals surface area contributed by atoms with Crippen LogP contribution in [-0.4, -0.2) is 63.9 Å². The van der Waals surface area contributed by atoms with Crippen LogP contribution in [0.2, 0.25) is 0 Å². The highest BCUT2D eigenvalue weighted by Crippen LogP contribution is 2.09. The molecule has 6 atom stereocenters. The number of rotatable bonds is 5. The Morgan fingerprint density at radius 3 is 1.54 bits per heavy atom. The minimum Gasteiger partial charge on any atom is -0.392 e. The summed E-state index contributed by atoms with van der Waals surface area (Å²) in [6.45, 7) is 12.1. The third kappa shape index (κ3) is 5.18. The summed E-state index contributed by atoms with van der Waals surface area (Å²) in [4.78, 5) is 14.1. The summed E-state index contributed by atoms with van der Waals surface area (Å²) >= 11 is 0. The van der Waals surface area contributed by atoms with Crippen LogP contribution in [0.4, 0.5) is 0 Å². The second-order valence-electron chi connectivity index (χ2n) is 7.95. The Bertz CT molecular complexity index is 424. The van der Waals surface area contributed by atoms with Gasteiger partial charge in [0.1, 0.15) is 0 Å². The molecule has 0 aromatic heterocycles. The zero-order valence-electron chi connectivity index (χ0n) is 16.3. The van der Waals surface area contributed by atoms with Crippen LogP contribution in [0.5, 0.6) is 0 Å². The summed E-state index contributed by atoms with van der Waals surface area (Å²) in [5.41, 5.74) is 2.36. The van der Waals surface area contributed by atoms with Gasteiger partial charge in [-0.3, -0.25) is 0 Å². The van der Waals surface area contributed by atoms with Crippen molar-refractivity contribution in [1.82, 2.24) is 0 Å². The molecule has 2 N–H and O–H groups in total. The van der Waals surface area contributed by atoms with Crippen molar-refractivity contribution in [3.8, 4) is 0 Å². The molecular formula is C18H36N4O2+2. The molecule has 0 aromatic rings. The van der Waals surface area contributed by atoms with Crippen molar-refractivity contribution in [2.45, 2.75) is 52.6 Å². The van der Waals surface area contributed by atoms with Crippen LogP contribution >= 0.6 is 0 Å². The predicted molar refractivity (Wildman–Crippen MR) is 96.8 cm³/mol. The number of likely N-dealkylation sites (tertiary alicyclic amines) is 2. The Kier molecular flexibility index (Phi) is 7.04. The first kappa shape index (κ1) is 19.2. The SMILES string of the molecule is C[C@@H]1C[NH+](C)[C@H](C)C/C1=N/OCCO/N=C1/C[C@H](C)[NH+](C)C[C@@H]1C. The van der Waals surface area contributed by atoms with E-state index in [1.54, 1.807) is 9.80 Å². The number of nitrogens with one attached hydrogen (secondary N) is 2. The van der Waals surface area contributed by atoms with E-state index in [-0.39, 0.29) is 0 Å². The van der Waals surface area contributed by atoms with Gasteiger partial charge in [-0.25, -0.2) is 0 Å². The maximum absolute atomic E-state index is 5.46. The quantitative estimate of drug-likeness (QED) is 0.529. The van der Waals surface area contributed by atoms with Crippen molar-refractivity contribution in [1.29, 1.82) is 0 Å². The van der Waals surface area contributed by atoms with Crippen molar-refractivity contribution < 1.29 is 19.5 Å². The lowest BCUT2D eigenvalue weighted by Gasteiger charge is -2.31. The molecule has 0 bridgehead atoms. The highest BCUT2D eigenvalue weighted by atomic mass is 16.7. The van der Waals surface area contributed by atoms with Gasteiger partial charge in [-0.15, -0.1) is 0 Å². The Morgan fingerprint density at radius 1 is 0.792 bits per heavy atom. The van der Waals surface area contributed by atoms with Crippen LogP contribution in [-0.2, 0) is 9.68 Å². The molecule has 2 saturated heterocycles. The number of oxime groups is 2. The van der Waals surface area contributed by atoms with Crippen LogP contribution in [0, 0.1) is 11.8 Å². The van der Waals surface area contributed by atoms with Crippen LogP contribution in [0.25, 0.3) is 0 Å². The molecule has 2 fully saturated rings. The lowest BCUT2D eigenvalue weighted by Crippen LogP contribution is -3.14. The molecule has 24 heavy (non-hydrogen) atoms. The minimum absolute atomic E-state index is 0.458. The van der Waals surface area contributed by atoms with E-state index in [0.29, 0.717) is 37.1 Å². The Morgan fingerprint density at radius 2 is 1.17 bits per heavy atom. The molecule has 6 nitrogen and oxygen atoms in total. The molecule has 0 spiro atoms. The van der Waals surface area contributed by atoms with Crippen molar-refractivity contribution >= 4 is 11.4 Å². The van der Waals surface area contributed by atoms with Gasteiger partial charge in [0, 0.05) is 24.7 Å². The normalized spacial score (nSPS) is 40.8. The predicted octanol–water partition coefficient (Wildman–Crippen LogP) is -0.382. The van der Waals surface area contributed by atoms with E-state index in [2.05, 4.69) is 52.1 Å². The molecular weight excluding hydrogens is 304 g/mol. The minimum atomic E-state index is 0.458. The van der Waals surface area contributed by atoms with Gasteiger partial charge in [-0.2, -0.15) is 0 Å². The second kappa shape index (κ2) is 8.81. The van der Waals surface area contributed by atoms with Gasteiger partial charge in [0.05, 0.1) is 50.7 Å². The number of nitrogens with zero attached hydrogens (tertiary/aromatic N) is 2. The van der Waals surface area contributed by atoms with Crippen molar-refractivity contribution in [2.75, 3.05) is 40.4 Å². The Balaban J connectivity index is 1.69. The van der Waals surface area contributed by atoms with E-state index in [1.165, 1.54) is 11.4 Å². The fourth-order valence-corrected chi connectivity index (χ4v) is 3.57. The fraction of sp³-hybridized carbons (Fsp3) is 0.889. The van der Waals surface area contributed by atoms with E-state index in [1.807, 2.05) is 0 Å². The van der Waals surface area contributed by atoms with Gasteiger partial charge < -0.3 is 19.5 Å². The highest BCUT2D eigenvalue weighted by Gasteiger charge is 2.30. The summed E-state index contributed by atoms with van der Waals surface area (Å²) in [7, 11) is 4.50. The largest absolute Gasteiger partial charge is 0.392 e. The summed E-state index contributed by atoms with van der Waals surface area (Å²) in [5, 5.41) is 8.68. The number of piperidine rings is 2. The first-order valence-electron chi connectivity index (χ1n) is 9.40. The smallest absolute Gasteiger partial charge is 0.153 e. The molecule has 2 aliphatic rings. The monoisotopic (exact) mass is 340 g/mol. The number of hydrogen-bond donors (Lipinski definition) is 2. The van der Waals surface area contributed by atoms with Crippen molar-refractivity contribution in [2.24, 2.45) is 22.1 Å². The fourth-order valence-electron chi connectivity index (χ4n) is 3.57. The highest BCUT2D eigenvalue weighted by molar-refractivity contribution is 5.87. The van der Waals surface area contributed by atoms with E-state index in [9.17, 15) is 0 Å². The first-order chi connectivity index (χ1) is 11.4. The molecule has 2 rings (SSSR count). The van der Waals surface area contributed by atoms with Gasteiger partial charge in [0.2, 0.25) is 0 Å². The van der Waals surface area contributed by atoms with Crippen molar-refractivity contribution in [3.63, 3.8) is 0 Å². The number of hydrogen-bond acceptors (Lipinski definition) is 4. The molecule has 0 aliphatic carbocycles. The maximum atomic E-state index is 5.46. The first-order valence-corrected chi connectivity index (χ1v) is 9.40. The zero-order chi connectivity index (χ0) is 17.7. The molecule has 0 amide bonds. The van der Waals surface area contributed by atoms with Crippen molar-refractivity contribution in [3.05, 3.63) is 0 Å². The third-order valence-corrected chi connectivity index (χ3v) is 5.74. The molecule has 138 valence electrons. The third-order valence-electron chi connectivity index (χ3n) is 5.74. The Labute approximate surface area is 146 Å². The Hall–Kier alpha value is -1.14. The lowest BCUT2D eigenvalue weighted by atomic mass is 9.93. The van der Waals surface area contributed by atoms with Crippen LogP contribution in [0.15, 0.2) is 10.3 Å².